The highest BCUT2D eigenvalue weighted by molar-refractivity contribution is 14.0. The molecular weight excluding hydrogens is 407 g/mol. The Balaban J connectivity index is 0.00000441. The van der Waals surface area contributed by atoms with E-state index in [2.05, 4.69) is 41.4 Å². The van der Waals surface area contributed by atoms with Crippen LogP contribution in [0.1, 0.15) is 62.8 Å². The van der Waals surface area contributed by atoms with Gasteiger partial charge in [-0.3, -0.25) is 4.99 Å². The molecular formula is C16H31IN4S. The summed E-state index contributed by atoms with van der Waals surface area (Å²) in [5, 5.41) is 7.91. The van der Waals surface area contributed by atoms with Crippen molar-refractivity contribution in [1.82, 2.24) is 15.6 Å². The third-order valence-corrected chi connectivity index (χ3v) is 4.60. The van der Waals surface area contributed by atoms with Crippen LogP contribution in [-0.2, 0) is 13.0 Å². The second kappa shape index (κ2) is 13.1. The van der Waals surface area contributed by atoms with Crippen LogP contribution in [0.5, 0.6) is 0 Å². The molecule has 1 rings (SSSR count). The number of aliphatic imine (C=N–C) groups is 1. The molecule has 0 aliphatic rings. The van der Waals surface area contributed by atoms with Crippen molar-refractivity contribution in [2.75, 3.05) is 7.05 Å². The lowest BCUT2D eigenvalue weighted by molar-refractivity contribution is 0.537. The van der Waals surface area contributed by atoms with Crippen molar-refractivity contribution >= 4 is 41.3 Å². The standard InChI is InChI=1S/C16H30N4S.HI/c1-5-7-8-9-10-13(3)20-16(17-4)19-12-15-18-11-14(6-2)21-15;/h11,13H,5-10,12H2,1-4H3,(H2,17,19,20);1H. The highest BCUT2D eigenvalue weighted by atomic mass is 127. The van der Waals surface area contributed by atoms with Gasteiger partial charge in [-0.1, -0.05) is 39.5 Å². The van der Waals surface area contributed by atoms with Crippen LogP contribution in [0.25, 0.3) is 0 Å². The summed E-state index contributed by atoms with van der Waals surface area (Å²) in [5.74, 6) is 0.867. The molecule has 0 fully saturated rings. The maximum atomic E-state index is 4.42. The van der Waals surface area contributed by atoms with E-state index in [-0.39, 0.29) is 24.0 Å². The first-order chi connectivity index (χ1) is 10.2. The fraction of sp³-hybridized carbons (Fsp3) is 0.750. The van der Waals surface area contributed by atoms with Crippen LogP contribution in [0.2, 0.25) is 0 Å². The van der Waals surface area contributed by atoms with E-state index in [4.69, 9.17) is 0 Å². The molecule has 1 aromatic heterocycles. The van der Waals surface area contributed by atoms with E-state index in [0.717, 1.165) is 23.9 Å². The molecule has 1 heterocycles. The Hall–Kier alpha value is -0.370. The molecule has 0 amide bonds. The lowest BCUT2D eigenvalue weighted by Crippen LogP contribution is -2.41. The Morgan fingerprint density at radius 1 is 1.32 bits per heavy atom. The van der Waals surface area contributed by atoms with Gasteiger partial charge in [0.1, 0.15) is 5.01 Å². The van der Waals surface area contributed by atoms with Crippen molar-refractivity contribution in [3.8, 4) is 0 Å². The first-order valence-corrected chi connectivity index (χ1v) is 8.92. The number of nitrogens with one attached hydrogen (secondary N) is 2. The molecule has 0 aromatic carbocycles. The number of nitrogens with zero attached hydrogens (tertiary/aromatic N) is 2. The summed E-state index contributed by atoms with van der Waals surface area (Å²) in [6, 6.07) is 0.454. The van der Waals surface area contributed by atoms with Crippen molar-refractivity contribution in [3.05, 3.63) is 16.1 Å². The number of aromatic nitrogens is 1. The second-order valence-electron chi connectivity index (χ2n) is 5.39. The molecule has 0 radical (unpaired) electrons. The minimum atomic E-state index is 0. The number of hydrogen-bond donors (Lipinski definition) is 2. The number of unbranched alkanes of at least 4 members (excludes halogenated alkanes) is 3. The Kier molecular flexibility index (Phi) is 12.9. The van der Waals surface area contributed by atoms with E-state index in [9.17, 15) is 0 Å². The molecule has 6 heteroatoms. The zero-order chi connectivity index (χ0) is 15.5. The van der Waals surface area contributed by atoms with Gasteiger partial charge in [0.15, 0.2) is 5.96 Å². The Morgan fingerprint density at radius 2 is 2.09 bits per heavy atom. The maximum absolute atomic E-state index is 4.42. The van der Waals surface area contributed by atoms with E-state index in [1.54, 1.807) is 11.3 Å². The molecule has 1 unspecified atom stereocenters. The smallest absolute Gasteiger partial charge is 0.191 e. The SMILES string of the molecule is CCCCCCC(C)NC(=NC)NCc1ncc(CC)s1.I. The van der Waals surface area contributed by atoms with Gasteiger partial charge >= 0.3 is 0 Å². The number of thiazole rings is 1. The monoisotopic (exact) mass is 438 g/mol. The Labute approximate surface area is 156 Å². The first kappa shape index (κ1) is 21.6. The van der Waals surface area contributed by atoms with Gasteiger partial charge in [0.05, 0.1) is 6.54 Å². The van der Waals surface area contributed by atoms with Crippen molar-refractivity contribution in [2.24, 2.45) is 4.99 Å². The van der Waals surface area contributed by atoms with Gasteiger partial charge in [0, 0.05) is 24.2 Å². The van der Waals surface area contributed by atoms with Crippen LogP contribution in [0.15, 0.2) is 11.2 Å². The zero-order valence-corrected chi connectivity index (χ0v) is 17.5. The van der Waals surface area contributed by atoms with Crippen LogP contribution in [-0.4, -0.2) is 24.0 Å². The Bertz CT molecular complexity index is 420. The molecule has 2 N–H and O–H groups in total. The minimum absolute atomic E-state index is 0. The quantitative estimate of drug-likeness (QED) is 0.261. The number of aryl methyl sites for hydroxylation is 1. The average molecular weight is 438 g/mol. The van der Waals surface area contributed by atoms with Gasteiger partial charge < -0.3 is 10.6 Å². The number of halogens is 1. The van der Waals surface area contributed by atoms with E-state index in [0.29, 0.717) is 6.04 Å². The van der Waals surface area contributed by atoms with Crippen LogP contribution in [0.4, 0.5) is 0 Å². The third-order valence-electron chi connectivity index (χ3n) is 3.45. The fourth-order valence-electron chi connectivity index (χ4n) is 2.13. The van der Waals surface area contributed by atoms with Gasteiger partial charge in [0.25, 0.3) is 0 Å². The Morgan fingerprint density at radius 3 is 2.68 bits per heavy atom. The topological polar surface area (TPSA) is 49.3 Å². The summed E-state index contributed by atoms with van der Waals surface area (Å²) in [6.07, 6.45) is 9.45. The van der Waals surface area contributed by atoms with Crippen molar-refractivity contribution in [3.63, 3.8) is 0 Å². The van der Waals surface area contributed by atoms with Gasteiger partial charge in [0.2, 0.25) is 0 Å². The van der Waals surface area contributed by atoms with Gasteiger partial charge in [-0.15, -0.1) is 35.3 Å². The minimum Gasteiger partial charge on any atom is -0.354 e. The van der Waals surface area contributed by atoms with Crippen molar-refractivity contribution in [2.45, 2.75) is 71.9 Å². The molecule has 0 aliphatic carbocycles. The molecule has 0 spiro atoms. The number of rotatable bonds is 9. The van der Waals surface area contributed by atoms with Gasteiger partial charge in [-0.2, -0.15) is 0 Å². The lowest BCUT2D eigenvalue weighted by Gasteiger charge is -2.17. The van der Waals surface area contributed by atoms with Crippen molar-refractivity contribution in [1.29, 1.82) is 0 Å². The molecule has 4 nitrogen and oxygen atoms in total. The van der Waals surface area contributed by atoms with Gasteiger partial charge in [-0.05, 0) is 19.8 Å². The van der Waals surface area contributed by atoms with Crippen LogP contribution >= 0.6 is 35.3 Å². The summed E-state index contributed by atoms with van der Waals surface area (Å²) in [4.78, 5) is 10.0. The number of hydrogen-bond acceptors (Lipinski definition) is 3. The van der Waals surface area contributed by atoms with E-state index in [1.807, 2.05) is 13.2 Å². The average Bonchev–Trinajstić information content (AvgIpc) is 2.96. The fourth-order valence-corrected chi connectivity index (χ4v) is 2.93. The zero-order valence-electron chi connectivity index (χ0n) is 14.3. The summed E-state index contributed by atoms with van der Waals surface area (Å²) in [5.41, 5.74) is 0. The van der Waals surface area contributed by atoms with Crippen LogP contribution in [0.3, 0.4) is 0 Å². The van der Waals surface area contributed by atoms with Crippen LogP contribution < -0.4 is 10.6 Å². The highest BCUT2D eigenvalue weighted by Gasteiger charge is 2.06. The second-order valence-corrected chi connectivity index (χ2v) is 6.59. The molecule has 0 aliphatic heterocycles. The molecule has 22 heavy (non-hydrogen) atoms. The van der Waals surface area contributed by atoms with E-state index < -0.39 is 0 Å². The first-order valence-electron chi connectivity index (χ1n) is 8.10. The molecule has 128 valence electrons. The highest BCUT2D eigenvalue weighted by Crippen LogP contribution is 2.12. The number of guanidine groups is 1. The molecule has 0 saturated heterocycles. The predicted molar refractivity (Wildman–Crippen MR) is 108 cm³/mol. The summed E-state index contributed by atoms with van der Waals surface area (Å²) in [6.45, 7) is 7.37. The molecule has 0 saturated carbocycles. The molecule has 0 bridgehead atoms. The summed E-state index contributed by atoms with van der Waals surface area (Å²) < 4.78 is 0. The van der Waals surface area contributed by atoms with Gasteiger partial charge in [-0.25, -0.2) is 4.98 Å². The maximum Gasteiger partial charge on any atom is 0.191 e. The summed E-state index contributed by atoms with van der Waals surface area (Å²) in [7, 11) is 1.82. The van der Waals surface area contributed by atoms with Crippen LogP contribution in [0, 0.1) is 0 Å². The molecule has 1 aromatic rings. The predicted octanol–water partition coefficient (Wildman–Crippen LogP) is 4.35. The largest absolute Gasteiger partial charge is 0.354 e. The van der Waals surface area contributed by atoms with E-state index in [1.165, 1.54) is 37.0 Å². The van der Waals surface area contributed by atoms with Crippen molar-refractivity contribution < 1.29 is 0 Å². The normalized spacial score (nSPS) is 12.6. The lowest BCUT2D eigenvalue weighted by atomic mass is 10.1. The van der Waals surface area contributed by atoms with E-state index >= 15 is 0 Å². The molecule has 1 atom stereocenters. The third kappa shape index (κ3) is 8.92. The summed E-state index contributed by atoms with van der Waals surface area (Å²) >= 11 is 1.77.